The van der Waals surface area contributed by atoms with Crippen LogP contribution in [0.15, 0.2) is 52.0 Å². The normalized spacial score (nSPS) is 16.1. The third-order valence-corrected chi connectivity index (χ3v) is 6.18. The second kappa shape index (κ2) is 7.41. The Morgan fingerprint density at radius 3 is 2.40 bits per heavy atom. The highest BCUT2D eigenvalue weighted by molar-refractivity contribution is 7.90. The Morgan fingerprint density at radius 1 is 1.08 bits per heavy atom. The van der Waals surface area contributed by atoms with E-state index in [0.29, 0.717) is 18.7 Å². The maximum absolute atomic E-state index is 12.7. The summed E-state index contributed by atoms with van der Waals surface area (Å²) in [6.45, 7) is 5.94. The molecule has 1 aliphatic heterocycles. The molecule has 0 saturated carbocycles. The molecule has 3 rings (SSSR count). The lowest BCUT2D eigenvalue weighted by molar-refractivity contribution is 0.0611. The van der Waals surface area contributed by atoms with Crippen LogP contribution in [-0.4, -0.2) is 56.8 Å². The molecule has 0 bridgehead atoms. The lowest BCUT2D eigenvalue weighted by Gasteiger charge is -2.33. The molecule has 1 aromatic heterocycles. The maximum atomic E-state index is 12.7. The van der Waals surface area contributed by atoms with Crippen molar-refractivity contribution < 1.29 is 17.6 Å². The van der Waals surface area contributed by atoms with Crippen molar-refractivity contribution in [1.82, 2.24) is 9.80 Å². The van der Waals surface area contributed by atoms with Crippen molar-refractivity contribution in [2.75, 3.05) is 32.7 Å². The second-order valence-electron chi connectivity index (χ2n) is 6.07. The molecule has 1 fully saturated rings. The number of amides is 1. The average Bonchev–Trinajstić information content (AvgIpc) is 3.09. The Bertz CT molecular complexity index is 822. The van der Waals surface area contributed by atoms with E-state index in [9.17, 15) is 13.2 Å². The number of piperazine rings is 1. The van der Waals surface area contributed by atoms with Gasteiger partial charge in [0.25, 0.3) is 5.91 Å². The van der Waals surface area contributed by atoms with Crippen LogP contribution in [0.1, 0.15) is 23.0 Å². The third kappa shape index (κ3) is 3.93. The van der Waals surface area contributed by atoms with Crippen LogP contribution >= 0.6 is 0 Å². The van der Waals surface area contributed by atoms with Crippen molar-refractivity contribution in [3.8, 4) is 0 Å². The molecule has 7 heteroatoms. The van der Waals surface area contributed by atoms with Crippen molar-refractivity contribution in [1.29, 1.82) is 0 Å². The van der Waals surface area contributed by atoms with Gasteiger partial charge in [-0.3, -0.25) is 4.79 Å². The molecule has 0 aliphatic carbocycles. The van der Waals surface area contributed by atoms with Gasteiger partial charge in [0, 0.05) is 31.7 Å². The van der Waals surface area contributed by atoms with Gasteiger partial charge in [0.05, 0.1) is 16.9 Å². The molecule has 1 aromatic carbocycles. The van der Waals surface area contributed by atoms with Gasteiger partial charge in [-0.2, -0.15) is 0 Å². The van der Waals surface area contributed by atoms with Crippen LogP contribution in [0.3, 0.4) is 0 Å². The molecule has 1 amide bonds. The topological polar surface area (TPSA) is 70.8 Å². The van der Waals surface area contributed by atoms with Crippen molar-refractivity contribution >= 4 is 15.7 Å². The van der Waals surface area contributed by atoms with E-state index in [1.165, 1.54) is 6.26 Å². The molecule has 0 spiro atoms. The molecule has 6 nitrogen and oxygen atoms in total. The van der Waals surface area contributed by atoms with Crippen LogP contribution in [0.4, 0.5) is 0 Å². The van der Waals surface area contributed by atoms with Crippen LogP contribution in [-0.2, 0) is 15.6 Å². The zero-order valence-electron chi connectivity index (χ0n) is 14.2. The minimum Gasteiger partial charge on any atom is -0.459 e. The molecular weight excluding hydrogens is 340 g/mol. The summed E-state index contributed by atoms with van der Waals surface area (Å²) >= 11 is 0. The first-order valence-corrected chi connectivity index (χ1v) is 10.0. The quantitative estimate of drug-likeness (QED) is 0.814. The van der Waals surface area contributed by atoms with E-state index >= 15 is 0 Å². The predicted octanol–water partition coefficient (Wildman–Crippen LogP) is 2.03. The zero-order chi connectivity index (χ0) is 17.9. The molecule has 1 saturated heterocycles. The van der Waals surface area contributed by atoms with Gasteiger partial charge in [0.1, 0.15) is 0 Å². The highest BCUT2D eigenvalue weighted by Crippen LogP contribution is 2.21. The number of hydrogen-bond acceptors (Lipinski definition) is 5. The fourth-order valence-electron chi connectivity index (χ4n) is 2.96. The molecule has 25 heavy (non-hydrogen) atoms. The standard InChI is InChI=1S/C18H22N2O4S/c1-2-19-9-11-20(12-10-19)18(21)17-15(8-13-24-17)14-25(22,23)16-6-4-3-5-7-16/h3-8,13H,2,9-12,14H2,1H3. The number of rotatable bonds is 5. The van der Waals surface area contributed by atoms with E-state index in [-0.39, 0.29) is 22.3 Å². The van der Waals surface area contributed by atoms with Crippen molar-refractivity contribution in [2.24, 2.45) is 0 Å². The van der Waals surface area contributed by atoms with E-state index in [0.717, 1.165) is 19.6 Å². The number of hydrogen-bond donors (Lipinski definition) is 0. The first kappa shape index (κ1) is 17.7. The zero-order valence-corrected chi connectivity index (χ0v) is 15.0. The Hall–Kier alpha value is -2.12. The lowest BCUT2D eigenvalue weighted by atomic mass is 10.2. The van der Waals surface area contributed by atoms with Gasteiger partial charge in [-0.1, -0.05) is 25.1 Å². The number of carbonyl (C=O) groups is 1. The molecule has 0 N–H and O–H groups in total. The highest BCUT2D eigenvalue weighted by atomic mass is 32.2. The van der Waals surface area contributed by atoms with Gasteiger partial charge in [-0.25, -0.2) is 8.42 Å². The van der Waals surface area contributed by atoms with E-state index in [4.69, 9.17) is 4.42 Å². The Kier molecular flexibility index (Phi) is 5.24. The fourth-order valence-corrected chi connectivity index (χ4v) is 4.34. The molecule has 0 radical (unpaired) electrons. The number of likely N-dealkylation sites (N-methyl/N-ethyl adjacent to an activating group) is 1. The first-order chi connectivity index (χ1) is 12.0. The number of nitrogens with zero attached hydrogens (tertiary/aromatic N) is 2. The predicted molar refractivity (Wildman–Crippen MR) is 94.1 cm³/mol. The van der Waals surface area contributed by atoms with Crippen LogP contribution in [0.5, 0.6) is 0 Å². The summed E-state index contributed by atoms with van der Waals surface area (Å²) < 4.78 is 30.5. The van der Waals surface area contributed by atoms with E-state index in [1.54, 1.807) is 41.3 Å². The summed E-state index contributed by atoms with van der Waals surface area (Å²) in [4.78, 5) is 17.0. The van der Waals surface area contributed by atoms with Gasteiger partial charge < -0.3 is 14.2 Å². The van der Waals surface area contributed by atoms with Crippen molar-refractivity contribution in [3.63, 3.8) is 0 Å². The summed E-state index contributed by atoms with van der Waals surface area (Å²) in [7, 11) is -3.52. The Labute approximate surface area is 148 Å². The molecule has 0 atom stereocenters. The summed E-state index contributed by atoms with van der Waals surface area (Å²) in [5.74, 6) is -0.354. The SMILES string of the molecule is CCN1CCN(C(=O)c2occc2CS(=O)(=O)c2ccccc2)CC1. The summed E-state index contributed by atoms with van der Waals surface area (Å²) in [6, 6.07) is 9.81. The van der Waals surface area contributed by atoms with Crippen LogP contribution in [0.2, 0.25) is 0 Å². The lowest BCUT2D eigenvalue weighted by Crippen LogP contribution is -2.48. The maximum Gasteiger partial charge on any atom is 0.289 e. The monoisotopic (exact) mass is 362 g/mol. The molecule has 0 unspecified atom stereocenters. The van der Waals surface area contributed by atoms with Crippen LogP contribution in [0.25, 0.3) is 0 Å². The van der Waals surface area contributed by atoms with E-state index in [2.05, 4.69) is 11.8 Å². The first-order valence-electron chi connectivity index (χ1n) is 8.37. The summed E-state index contributed by atoms with van der Waals surface area (Å²) in [6.07, 6.45) is 1.38. The number of furan rings is 1. The van der Waals surface area contributed by atoms with Gasteiger partial charge >= 0.3 is 0 Å². The third-order valence-electron chi connectivity index (χ3n) is 4.50. The minimum absolute atomic E-state index is 0.129. The number of carbonyl (C=O) groups excluding carboxylic acids is 1. The fraction of sp³-hybridized carbons (Fsp3) is 0.389. The molecule has 2 aromatic rings. The van der Waals surface area contributed by atoms with E-state index < -0.39 is 9.84 Å². The minimum atomic E-state index is -3.52. The Morgan fingerprint density at radius 2 is 1.76 bits per heavy atom. The number of benzene rings is 1. The van der Waals surface area contributed by atoms with Crippen molar-refractivity contribution in [2.45, 2.75) is 17.6 Å². The largest absolute Gasteiger partial charge is 0.459 e. The molecule has 1 aliphatic rings. The average molecular weight is 362 g/mol. The van der Waals surface area contributed by atoms with Crippen LogP contribution < -0.4 is 0 Å². The van der Waals surface area contributed by atoms with E-state index in [1.807, 2.05) is 0 Å². The molecule has 134 valence electrons. The number of sulfone groups is 1. The smallest absolute Gasteiger partial charge is 0.289 e. The van der Waals surface area contributed by atoms with Gasteiger partial charge in [0.2, 0.25) is 0 Å². The van der Waals surface area contributed by atoms with Gasteiger partial charge in [0.15, 0.2) is 15.6 Å². The second-order valence-corrected chi connectivity index (χ2v) is 8.06. The van der Waals surface area contributed by atoms with Crippen molar-refractivity contribution in [3.05, 3.63) is 54.0 Å². The van der Waals surface area contributed by atoms with Crippen LogP contribution in [0, 0.1) is 0 Å². The summed E-state index contributed by atoms with van der Waals surface area (Å²) in [5, 5.41) is 0. The van der Waals surface area contributed by atoms with Gasteiger partial charge in [-0.05, 0) is 24.7 Å². The molecule has 2 heterocycles. The van der Waals surface area contributed by atoms with Gasteiger partial charge in [-0.15, -0.1) is 0 Å². The molecular formula is C18H22N2O4S. The Balaban J connectivity index is 1.76. The highest BCUT2D eigenvalue weighted by Gasteiger charge is 2.27. The summed E-state index contributed by atoms with van der Waals surface area (Å²) in [5.41, 5.74) is 0.409.